The van der Waals surface area contributed by atoms with Gasteiger partial charge in [0.25, 0.3) is 0 Å². The Morgan fingerprint density at radius 3 is 1.00 bits per heavy atom. The minimum absolute atomic E-state index is 1.17. The Kier molecular flexibility index (Phi) is 7.12. The predicted octanol–water partition coefficient (Wildman–Crippen LogP) is 6.14. The van der Waals surface area contributed by atoms with E-state index in [4.69, 9.17) is 0 Å². The zero-order valence-corrected chi connectivity index (χ0v) is 24.8. The molecule has 0 spiro atoms. The molecule has 0 aromatic heterocycles. The van der Waals surface area contributed by atoms with Crippen molar-refractivity contribution < 1.29 is 5.73 Å². The van der Waals surface area contributed by atoms with E-state index in [9.17, 15) is 0 Å². The second-order valence-electron chi connectivity index (χ2n) is 10.7. The van der Waals surface area contributed by atoms with Gasteiger partial charge in [-0.05, 0) is 0 Å². The van der Waals surface area contributed by atoms with E-state index >= 15 is 5.73 Å². The molecule has 0 rings (SSSR count). The Labute approximate surface area is 156 Å². The summed E-state index contributed by atoms with van der Waals surface area (Å²) in [6.07, 6.45) is 0. The molecule has 144 valence electrons. The molecule has 0 aromatic carbocycles. The molecule has 0 fully saturated rings. The van der Waals surface area contributed by atoms with Crippen LogP contribution in [0.3, 0.4) is 0 Å². The van der Waals surface area contributed by atoms with Crippen LogP contribution in [0.25, 0.3) is 0 Å². The number of nitrogens with zero attached hydrogens (tertiary/aromatic N) is 2. The summed E-state index contributed by atoms with van der Waals surface area (Å²) < 4.78 is 39.2. The summed E-state index contributed by atoms with van der Waals surface area (Å²) >= 11 is -6.59. The van der Waals surface area contributed by atoms with Gasteiger partial charge in [-0.2, -0.15) is 0 Å². The van der Waals surface area contributed by atoms with Crippen molar-refractivity contribution in [2.75, 3.05) is 0 Å². The van der Waals surface area contributed by atoms with E-state index in [0.29, 0.717) is 0 Å². The molecule has 2 nitrogen and oxygen atoms in total. The fourth-order valence-electron chi connectivity index (χ4n) is 4.80. The number of rotatable bonds is 7. The number of halogens is 2. The van der Waals surface area contributed by atoms with Crippen LogP contribution >= 0.6 is 0 Å². The molecular weight excluding hydrogens is 477 g/mol. The first-order valence-corrected chi connectivity index (χ1v) is 28.8. The molecule has 0 aliphatic carbocycles. The van der Waals surface area contributed by atoms with Crippen LogP contribution in [0.2, 0.25) is 78.6 Å². The van der Waals surface area contributed by atoms with Crippen LogP contribution in [0.4, 0.5) is 5.73 Å². The molecule has 0 saturated carbocycles. The molecule has 9 heteroatoms. The second-order valence-corrected chi connectivity index (χ2v) is 44.8. The Morgan fingerprint density at radius 1 is 0.667 bits per heavy atom. The van der Waals surface area contributed by atoms with Gasteiger partial charge < -0.3 is 0 Å². The van der Waals surface area contributed by atoms with Crippen LogP contribution in [-0.2, 0) is 0 Å². The SMILES string of the molecule is C=C=[CH][Sn-]([F])([F])([N]([Si](C)(C)C)[Si](C)(C)C)[N]([Si](C)(C)C)[Si](C)(C)C. The van der Waals surface area contributed by atoms with Gasteiger partial charge in [0.15, 0.2) is 0 Å². The monoisotopic (exact) mass is 517 g/mol. The Morgan fingerprint density at radius 2 is 0.875 bits per heavy atom. The van der Waals surface area contributed by atoms with Crippen LogP contribution in [-0.4, -0.2) is 56.5 Å². The van der Waals surface area contributed by atoms with Crippen molar-refractivity contribution in [1.29, 1.82) is 0 Å². The molecule has 0 bridgehead atoms. The Balaban J connectivity index is 7.17. The van der Waals surface area contributed by atoms with Gasteiger partial charge in [0.1, 0.15) is 0 Å². The molecule has 0 atom stereocenters. The minimum atomic E-state index is -6.59. The third kappa shape index (κ3) is 5.24. The maximum absolute atomic E-state index is 17.2. The van der Waals surface area contributed by atoms with Gasteiger partial charge in [-0.1, -0.05) is 0 Å². The zero-order chi connectivity index (χ0) is 20.0. The summed E-state index contributed by atoms with van der Waals surface area (Å²) in [6.45, 7) is 28.4. The van der Waals surface area contributed by atoms with E-state index in [1.807, 2.05) is 4.91 Å². The van der Waals surface area contributed by atoms with E-state index in [0.717, 1.165) is 0 Å². The van der Waals surface area contributed by atoms with Gasteiger partial charge in [0.05, 0.1) is 0 Å². The summed E-state index contributed by atoms with van der Waals surface area (Å²) in [4.78, 5) is 0. The van der Waals surface area contributed by atoms with Crippen LogP contribution in [0.15, 0.2) is 16.4 Å². The van der Waals surface area contributed by atoms with Crippen molar-refractivity contribution in [3.05, 3.63) is 16.4 Å². The zero-order valence-electron chi connectivity index (χ0n) is 17.9. The van der Waals surface area contributed by atoms with Crippen LogP contribution in [0.5, 0.6) is 0 Å². The van der Waals surface area contributed by atoms with E-state index in [1.165, 1.54) is 4.09 Å². The van der Waals surface area contributed by atoms with Gasteiger partial charge in [-0.25, -0.2) is 0 Å². The number of hydrogen-bond donors (Lipinski definition) is 0. The molecule has 0 radical (unpaired) electrons. The molecule has 0 unspecified atom stereocenters. The topological polar surface area (TPSA) is 6.48 Å². The fourth-order valence-corrected chi connectivity index (χ4v) is 76.0. The van der Waals surface area contributed by atoms with Gasteiger partial charge in [-0.15, -0.1) is 0 Å². The first-order chi connectivity index (χ1) is 10.1. The second kappa shape index (κ2) is 6.85. The van der Waals surface area contributed by atoms with Crippen molar-refractivity contribution in [3.63, 3.8) is 0 Å². The van der Waals surface area contributed by atoms with Gasteiger partial charge in [0, 0.05) is 0 Å². The maximum atomic E-state index is 17.2. The third-order valence-corrected chi connectivity index (χ3v) is 57.4. The molecule has 24 heavy (non-hydrogen) atoms. The summed E-state index contributed by atoms with van der Waals surface area (Å²) in [5.74, 6) is 0. The fraction of sp³-hybridized carbons (Fsp3) is 0.800. The molecule has 0 heterocycles. The van der Waals surface area contributed by atoms with E-state index < -0.39 is 51.6 Å². The van der Waals surface area contributed by atoms with Crippen molar-refractivity contribution >= 4 is 51.6 Å². The summed E-state index contributed by atoms with van der Waals surface area (Å²) in [7, 11) is -8.98. The molecule has 0 saturated heterocycles. The van der Waals surface area contributed by atoms with Gasteiger partial charge in [-0.3, -0.25) is 0 Å². The predicted molar refractivity (Wildman–Crippen MR) is 119 cm³/mol. The molecule has 0 amide bonds. The van der Waals surface area contributed by atoms with Crippen molar-refractivity contribution in [2.24, 2.45) is 0 Å². The van der Waals surface area contributed by atoms with Gasteiger partial charge >= 0.3 is 157 Å². The van der Waals surface area contributed by atoms with Crippen molar-refractivity contribution in [1.82, 2.24) is 4.91 Å². The molecule has 0 aromatic rings. The van der Waals surface area contributed by atoms with Crippen LogP contribution in [0.1, 0.15) is 0 Å². The van der Waals surface area contributed by atoms with E-state index in [-0.39, 0.29) is 0 Å². The molecule has 0 aliphatic heterocycles. The van der Waals surface area contributed by atoms with Crippen LogP contribution in [0, 0.1) is 0 Å². The summed E-state index contributed by atoms with van der Waals surface area (Å²) in [5.41, 5.74) is 2.57. The average Bonchev–Trinajstić information content (AvgIpc) is 2.02. The van der Waals surface area contributed by atoms with Crippen molar-refractivity contribution in [2.45, 2.75) is 78.6 Å². The number of hydrogen-bond acceptors (Lipinski definition) is 2. The quantitative estimate of drug-likeness (QED) is 0.296. The molecule has 0 N–H and O–H groups in total. The Hall–Kier alpha value is 0.966. The Bertz CT molecular complexity index is 458. The van der Waals surface area contributed by atoms with Crippen molar-refractivity contribution in [3.8, 4) is 0 Å². The standard InChI is InChI=1S/2C6H18NSi2.C3H3.2FH.Sn/c2*1-8(2,3)7-9(4,5)6;1-3-2;;;/h2*1-6H3;1H,2H2;2*1H;/q2*-1;;;;+3/p-2. The van der Waals surface area contributed by atoms with Gasteiger partial charge in [0.2, 0.25) is 0 Å². The average molecular weight is 517 g/mol. The summed E-state index contributed by atoms with van der Waals surface area (Å²) in [6, 6.07) is 0. The summed E-state index contributed by atoms with van der Waals surface area (Å²) in [5, 5.41) is 0. The normalized spacial score (nSPS) is 16.8. The first kappa shape index (κ1) is 25.0. The first-order valence-electron chi connectivity index (χ1n) is 8.65. The van der Waals surface area contributed by atoms with E-state index in [2.05, 4.69) is 90.9 Å². The third-order valence-electron chi connectivity index (χ3n) is 3.82. The van der Waals surface area contributed by atoms with E-state index in [1.54, 1.807) is 0 Å². The van der Waals surface area contributed by atoms with Crippen LogP contribution < -0.4 is 0 Å². The molecule has 0 aliphatic rings. The molecular formula is C15H39F2N2Si4Sn-.